The fraction of sp³-hybridized carbons (Fsp3) is 0.182. The minimum atomic E-state index is -0.982. The van der Waals surface area contributed by atoms with E-state index in [1.165, 1.54) is 0 Å². The van der Waals surface area contributed by atoms with Crippen molar-refractivity contribution < 1.29 is 15.3 Å². The van der Waals surface area contributed by atoms with Crippen molar-refractivity contribution in [1.29, 1.82) is 5.26 Å². The maximum Gasteiger partial charge on any atom is 0.117 e. The van der Waals surface area contributed by atoms with Crippen LogP contribution in [-0.4, -0.2) is 21.9 Å². The summed E-state index contributed by atoms with van der Waals surface area (Å²) in [6.45, 7) is -0.507. The van der Waals surface area contributed by atoms with Crippen molar-refractivity contribution in [2.24, 2.45) is 0 Å². The average Bonchev–Trinajstić information content (AvgIpc) is 2.29. The van der Waals surface area contributed by atoms with Crippen LogP contribution in [0.3, 0.4) is 0 Å². The van der Waals surface area contributed by atoms with E-state index in [4.69, 9.17) is 15.5 Å². The highest BCUT2D eigenvalue weighted by Gasteiger charge is 2.05. The summed E-state index contributed by atoms with van der Waals surface area (Å²) in [6, 6.07) is 8.28. The maximum absolute atomic E-state index is 9.56. The van der Waals surface area contributed by atoms with Crippen LogP contribution in [0.4, 0.5) is 0 Å². The Bertz CT molecular complexity index is 389. The van der Waals surface area contributed by atoms with E-state index in [2.05, 4.69) is 0 Å². The molecule has 4 heteroatoms. The van der Waals surface area contributed by atoms with Crippen molar-refractivity contribution >= 4 is 0 Å². The van der Waals surface area contributed by atoms with Gasteiger partial charge in [0, 0.05) is 0 Å². The summed E-state index contributed by atoms with van der Waals surface area (Å²) in [5.41, 5.74) is 1.05. The molecule has 0 fully saturated rings. The maximum atomic E-state index is 9.56. The van der Waals surface area contributed by atoms with Gasteiger partial charge in [-0.1, -0.05) is 12.1 Å². The minimum Gasteiger partial charge on any atom is -0.510 e. The lowest BCUT2D eigenvalue weighted by atomic mass is 10.1. The molecule has 0 bridgehead atoms. The van der Waals surface area contributed by atoms with Gasteiger partial charge >= 0.3 is 0 Å². The van der Waals surface area contributed by atoms with E-state index >= 15 is 0 Å². The van der Waals surface area contributed by atoms with Crippen molar-refractivity contribution in [2.45, 2.75) is 6.10 Å². The molecule has 1 aromatic carbocycles. The highest BCUT2D eigenvalue weighted by molar-refractivity contribution is 5.33. The first-order valence-electron chi connectivity index (χ1n) is 4.36. The van der Waals surface area contributed by atoms with Crippen LogP contribution < -0.4 is 0 Å². The SMILES string of the molecule is N#Cc1ccc(C(O)/C=C(\O)CO)cc1. The number of rotatable bonds is 3. The van der Waals surface area contributed by atoms with E-state index < -0.39 is 12.7 Å². The van der Waals surface area contributed by atoms with E-state index in [0.29, 0.717) is 11.1 Å². The fourth-order valence-electron chi connectivity index (χ4n) is 1.09. The Morgan fingerprint density at radius 2 is 2.00 bits per heavy atom. The second-order valence-electron chi connectivity index (χ2n) is 2.99. The Balaban J connectivity index is 2.84. The van der Waals surface area contributed by atoms with Crippen molar-refractivity contribution in [2.75, 3.05) is 6.61 Å². The van der Waals surface area contributed by atoms with Crippen molar-refractivity contribution in [3.05, 3.63) is 47.2 Å². The summed E-state index contributed by atoms with van der Waals surface area (Å²) in [6.07, 6.45) is 0.159. The topological polar surface area (TPSA) is 84.5 Å². The molecule has 0 spiro atoms. The summed E-state index contributed by atoms with van der Waals surface area (Å²) < 4.78 is 0. The lowest BCUT2D eigenvalue weighted by molar-refractivity contribution is 0.207. The van der Waals surface area contributed by atoms with Gasteiger partial charge < -0.3 is 15.3 Å². The zero-order chi connectivity index (χ0) is 11.3. The van der Waals surface area contributed by atoms with E-state index in [0.717, 1.165) is 6.08 Å². The monoisotopic (exact) mass is 205 g/mol. The Hall–Kier alpha value is -1.83. The minimum absolute atomic E-state index is 0.285. The first kappa shape index (κ1) is 11.2. The molecule has 0 saturated carbocycles. The standard InChI is InChI=1S/C11H11NO3/c12-6-8-1-3-9(4-2-8)11(15)5-10(14)7-13/h1-5,11,13-15H,7H2/b10-5-. The molecule has 0 radical (unpaired) electrons. The van der Waals surface area contributed by atoms with Crippen LogP contribution >= 0.6 is 0 Å². The summed E-state index contributed by atoms with van der Waals surface area (Å²) >= 11 is 0. The lowest BCUT2D eigenvalue weighted by Gasteiger charge is -2.06. The molecule has 1 atom stereocenters. The largest absolute Gasteiger partial charge is 0.510 e. The summed E-state index contributed by atoms with van der Waals surface area (Å²) in [7, 11) is 0. The second-order valence-corrected chi connectivity index (χ2v) is 2.99. The van der Waals surface area contributed by atoms with Gasteiger partial charge in [-0.2, -0.15) is 5.26 Å². The molecule has 1 unspecified atom stereocenters. The third-order valence-electron chi connectivity index (χ3n) is 1.89. The number of nitriles is 1. The third kappa shape index (κ3) is 3.09. The van der Waals surface area contributed by atoms with E-state index in [1.807, 2.05) is 6.07 Å². The van der Waals surface area contributed by atoms with Crippen LogP contribution in [0.25, 0.3) is 0 Å². The lowest BCUT2D eigenvalue weighted by Crippen LogP contribution is -1.97. The molecule has 0 aliphatic heterocycles. The Kier molecular flexibility index (Phi) is 3.86. The van der Waals surface area contributed by atoms with Crippen LogP contribution in [0.1, 0.15) is 17.2 Å². The van der Waals surface area contributed by atoms with Gasteiger partial charge in [-0.25, -0.2) is 0 Å². The summed E-state index contributed by atoms with van der Waals surface area (Å²) in [5.74, 6) is -0.285. The van der Waals surface area contributed by atoms with Crippen LogP contribution in [0.5, 0.6) is 0 Å². The predicted octanol–water partition coefficient (Wildman–Crippen LogP) is 1.03. The first-order valence-corrected chi connectivity index (χ1v) is 4.36. The van der Waals surface area contributed by atoms with Gasteiger partial charge in [0.05, 0.1) is 18.2 Å². The van der Waals surface area contributed by atoms with Gasteiger partial charge in [0.2, 0.25) is 0 Å². The molecule has 0 saturated heterocycles. The molecule has 4 nitrogen and oxygen atoms in total. The number of nitrogens with zero attached hydrogens (tertiary/aromatic N) is 1. The van der Waals surface area contributed by atoms with Gasteiger partial charge in [-0.3, -0.25) is 0 Å². The Morgan fingerprint density at radius 3 is 2.47 bits per heavy atom. The van der Waals surface area contributed by atoms with E-state index in [1.54, 1.807) is 24.3 Å². The molecule has 0 aliphatic rings. The van der Waals surface area contributed by atoms with Crippen LogP contribution in [0.15, 0.2) is 36.1 Å². The normalized spacial score (nSPS) is 13.3. The van der Waals surface area contributed by atoms with Crippen LogP contribution in [0.2, 0.25) is 0 Å². The molecule has 0 amide bonds. The molecule has 1 aromatic rings. The van der Waals surface area contributed by atoms with Gasteiger partial charge in [-0.05, 0) is 23.8 Å². The zero-order valence-corrected chi connectivity index (χ0v) is 7.96. The van der Waals surface area contributed by atoms with Gasteiger partial charge in [0.1, 0.15) is 11.9 Å². The van der Waals surface area contributed by atoms with Gasteiger partial charge in [0.15, 0.2) is 0 Å². The number of aliphatic hydroxyl groups is 3. The van der Waals surface area contributed by atoms with E-state index in [9.17, 15) is 5.11 Å². The quantitative estimate of drug-likeness (QED) is 0.643. The number of hydrogen-bond donors (Lipinski definition) is 3. The molecule has 0 aliphatic carbocycles. The third-order valence-corrected chi connectivity index (χ3v) is 1.89. The molecule has 15 heavy (non-hydrogen) atoms. The molecule has 1 rings (SSSR count). The number of aliphatic hydroxyl groups excluding tert-OH is 3. The smallest absolute Gasteiger partial charge is 0.117 e. The van der Waals surface area contributed by atoms with Crippen molar-refractivity contribution in [3.63, 3.8) is 0 Å². The van der Waals surface area contributed by atoms with Crippen molar-refractivity contribution in [3.8, 4) is 6.07 Å². The molecule has 3 N–H and O–H groups in total. The molecule has 0 heterocycles. The Labute approximate surface area is 87.3 Å². The Morgan fingerprint density at radius 1 is 1.40 bits per heavy atom. The first-order chi connectivity index (χ1) is 7.17. The summed E-state index contributed by atoms with van der Waals surface area (Å²) in [5, 5.41) is 35.6. The van der Waals surface area contributed by atoms with E-state index in [-0.39, 0.29) is 5.76 Å². The van der Waals surface area contributed by atoms with Gasteiger partial charge in [0.25, 0.3) is 0 Å². The highest BCUT2D eigenvalue weighted by atomic mass is 16.3. The molecule has 78 valence electrons. The average molecular weight is 205 g/mol. The van der Waals surface area contributed by atoms with Crippen LogP contribution in [0, 0.1) is 11.3 Å². The van der Waals surface area contributed by atoms with Gasteiger partial charge in [-0.15, -0.1) is 0 Å². The van der Waals surface area contributed by atoms with Crippen molar-refractivity contribution in [1.82, 2.24) is 0 Å². The molecular formula is C11H11NO3. The molecular weight excluding hydrogens is 194 g/mol. The second kappa shape index (κ2) is 5.15. The zero-order valence-electron chi connectivity index (χ0n) is 7.96. The number of benzene rings is 1. The van der Waals surface area contributed by atoms with Crippen LogP contribution in [-0.2, 0) is 0 Å². The summed E-state index contributed by atoms with van der Waals surface area (Å²) in [4.78, 5) is 0. The number of hydrogen-bond acceptors (Lipinski definition) is 4. The highest BCUT2D eigenvalue weighted by Crippen LogP contribution is 2.15. The molecule has 0 aromatic heterocycles. The predicted molar refractivity (Wildman–Crippen MR) is 53.9 cm³/mol. The fourth-order valence-corrected chi connectivity index (χ4v) is 1.09.